The summed E-state index contributed by atoms with van der Waals surface area (Å²) in [5.41, 5.74) is 1.43. The van der Waals surface area contributed by atoms with Gasteiger partial charge in [0.25, 0.3) is 0 Å². The van der Waals surface area contributed by atoms with Gasteiger partial charge >= 0.3 is 18.1 Å². The molecule has 2 rings (SSSR count). The number of nitrogens with zero attached hydrogens (tertiary/aromatic N) is 2. The fourth-order valence-electron chi connectivity index (χ4n) is 2.93. The van der Waals surface area contributed by atoms with Crippen LogP contribution in [0.3, 0.4) is 0 Å². The number of rotatable bonds is 5. The molecule has 0 unspecified atom stereocenters. The number of piperidine rings is 1. The minimum absolute atomic E-state index is 0.0102. The molecule has 1 aliphatic rings. The molecule has 1 N–H and O–H groups in total. The van der Waals surface area contributed by atoms with Crippen LogP contribution in [0.2, 0.25) is 5.02 Å². The first kappa shape index (κ1) is 23.8. The summed E-state index contributed by atoms with van der Waals surface area (Å²) in [5, 5.41) is 3.99. The largest absolute Gasteiger partial charge is 0.466 e. The molecule has 0 radical (unpaired) electrons. The van der Waals surface area contributed by atoms with Crippen LogP contribution in [0.4, 0.5) is 18.9 Å². The predicted molar refractivity (Wildman–Crippen MR) is 105 cm³/mol. The lowest BCUT2D eigenvalue weighted by Crippen LogP contribution is -2.44. The molecule has 0 atom stereocenters. The molecule has 30 heavy (non-hydrogen) atoms. The molecule has 0 bridgehead atoms. The summed E-state index contributed by atoms with van der Waals surface area (Å²) in [4.78, 5) is 25.9. The third kappa shape index (κ3) is 6.25. The average molecular weight is 450 g/mol. The van der Waals surface area contributed by atoms with Gasteiger partial charge in [0.1, 0.15) is 0 Å². The van der Waals surface area contributed by atoms with E-state index in [1.54, 1.807) is 18.7 Å². The number of esters is 2. The second-order valence-corrected chi connectivity index (χ2v) is 6.88. The number of amidine groups is 1. The van der Waals surface area contributed by atoms with E-state index < -0.39 is 17.7 Å². The van der Waals surface area contributed by atoms with E-state index in [-0.39, 0.29) is 41.6 Å². The van der Waals surface area contributed by atoms with Gasteiger partial charge in [-0.25, -0.2) is 4.79 Å². The first-order valence-corrected chi connectivity index (χ1v) is 9.84. The number of alkyl halides is 3. The quantitative estimate of drug-likeness (QED) is 0.317. The molecular weight excluding hydrogens is 427 g/mol. The average Bonchev–Trinajstić information content (AvgIpc) is 2.69. The van der Waals surface area contributed by atoms with Gasteiger partial charge in [-0.1, -0.05) is 11.6 Å². The Bertz CT molecular complexity index is 794. The lowest BCUT2D eigenvalue weighted by Gasteiger charge is -2.32. The SMILES string of the molecule is CCOC(=O)C(=NNc1cc(C(F)(F)F)ccc1Cl)N1CCC(C(=O)OCC)CC1. The van der Waals surface area contributed by atoms with Crippen LogP contribution in [0.1, 0.15) is 32.3 Å². The Labute approximate surface area is 177 Å². The third-order valence-corrected chi connectivity index (χ3v) is 4.78. The second-order valence-electron chi connectivity index (χ2n) is 6.47. The molecule has 1 fully saturated rings. The first-order chi connectivity index (χ1) is 14.2. The Kier molecular flexibility index (Phi) is 8.33. The number of halogens is 4. The van der Waals surface area contributed by atoms with Crippen molar-refractivity contribution in [3.63, 3.8) is 0 Å². The summed E-state index contributed by atoms with van der Waals surface area (Å²) in [6, 6.07) is 2.75. The van der Waals surface area contributed by atoms with Crippen LogP contribution >= 0.6 is 11.6 Å². The molecule has 1 heterocycles. The van der Waals surface area contributed by atoms with Crippen LogP contribution in [0.25, 0.3) is 0 Å². The smallest absolute Gasteiger partial charge is 0.416 e. The number of benzene rings is 1. The Morgan fingerprint density at radius 1 is 1.20 bits per heavy atom. The molecule has 0 saturated carbocycles. The maximum Gasteiger partial charge on any atom is 0.416 e. The fourth-order valence-corrected chi connectivity index (χ4v) is 3.09. The number of nitrogens with one attached hydrogen (secondary N) is 1. The molecule has 0 aromatic heterocycles. The van der Waals surface area contributed by atoms with Gasteiger partial charge in [-0.3, -0.25) is 10.2 Å². The summed E-state index contributed by atoms with van der Waals surface area (Å²) in [6.45, 7) is 4.40. The zero-order chi connectivity index (χ0) is 22.3. The maximum atomic E-state index is 12.9. The molecular formula is C19H23ClF3N3O4. The van der Waals surface area contributed by atoms with Crippen molar-refractivity contribution in [1.82, 2.24) is 4.90 Å². The molecule has 166 valence electrons. The zero-order valence-corrected chi connectivity index (χ0v) is 17.3. The molecule has 7 nitrogen and oxygen atoms in total. The normalized spacial score (nSPS) is 15.7. The Balaban J connectivity index is 2.19. The van der Waals surface area contributed by atoms with Crippen molar-refractivity contribution < 1.29 is 32.2 Å². The topological polar surface area (TPSA) is 80.2 Å². The van der Waals surface area contributed by atoms with Gasteiger partial charge in [0, 0.05) is 13.1 Å². The highest BCUT2D eigenvalue weighted by Crippen LogP contribution is 2.33. The van der Waals surface area contributed by atoms with Crippen molar-refractivity contribution in [2.75, 3.05) is 31.7 Å². The van der Waals surface area contributed by atoms with Gasteiger partial charge < -0.3 is 14.4 Å². The van der Waals surface area contributed by atoms with E-state index in [2.05, 4.69) is 10.5 Å². The van der Waals surface area contributed by atoms with Crippen LogP contribution in [0.5, 0.6) is 0 Å². The Hall–Kier alpha value is -2.49. The van der Waals surface area contributed by atoms with Crippen molar-refractivity contribution in [3.05, 3.63) is 28.8 Å². The molecule has 1 aromatic carbocycles. The molecule has 1 aromatic rings. The lowest BCUT2D eigenvalue weighted by molar-refractivity contribution is -0.149. The van der Waals surface area contributed by atoms with Crippen molar-refractivity contribution in [2.24, 2.45) is 11.0 Å². The standard InChI is InChI=1S/C19H23ClF3N3O4/c1-3-29-17(27)12-7-9-26(10-8-12)16(18(28)30-4-2)25-24-15-11-13(19(21,22)23)5-6-14(15)20/h5-6,11-12,24H,3-4,7-10H2,1-2H3. The van der Waals surface area contributed by atoms with E-state index in [9.17, 15) is 22.8 Å². The van der Waals surface area contributed by atoms with Gasteiger partial charge in [0.05, 0.1) is 35.4 Å². The number of anilines is 1. The van der Waals surface area contributed by atoms with Crippen LogP contribution in [0, 0.1) is 5.92 Å². The summed E-state index contributed by atoms with van der Waals surface area (Å²) in [7, 11) is 0. The van der Waals surface area contributed by atoms with E-state index in [0.29, 0.717) is 25.9 Å². The highest BCUT2D eigenvalue weighted by molar-refractivity contribution is 6.35. The zero-order valence-electron chi connectivity index (χ0n) is 16.6. The van der Waals surface area contributed by atoms with E-state index in [4.69, 9.17) is 21.1 Å². The van der Waals surface area contributed by atoms with Gasteiger partial charge in [-0.2, -0.15) is 13.2 Å². The van der Waals surface area contributed by atoms with E-state index >= 15 is 0 Å². The number of hydrogen-bond donors (Lipinski definition) is 1. The summed E-state index contributed by atoms with van der Waals surface area (Å²) in [5.74, 6) is -1.41. The highest BCUT2D eigenvalue weighted by Gasteiger charge is 2.32. The van der Waals surface area contributed by atoms with Gasteiger partial charge in [0.2, 0.25) is 5.84 Å². The number of hydrazone groups is 1. The maximum absolute atomic E-state index is 12.9. The lowest BCUT2D eigenvalue weighted by atomic mass is 9.97. The minimum atomic E-state index is -4.55. The Morgan fingerprint density at radius 3 is 2.40 bits per heavy atom. The van der Waals surface area contributed by atoms with Crippen LogP contribution in [-0.4, -0.2) is 49.0 Å². The van der Waals surface area contributed by atoms with Gasteiger partial charge in [0.15, 0.2) is 0 Å². The van der Waals surface area contributed by atoms with Crippen molar-refractivity contribution in [1.29, 1.82) is 0 Å². The van der Waals surface area contributed by atoms with Crippen LogP contribution in [0.15, 0.2) is 23.3 Å². The fraction of sp³-hybridized carbons (Fsp3) is 0.526. The van der Waals surface area contributed by atoms with Gasteiger partial charge in [-0.05, 0) is 44.9 Å². The summed E-state index contributed by atoms with van der Waals surface area (Å²) in [6.07, 6.45) is -3.66. The summed E-state index contributed by atoms with van der Waals surface area (Å²) < 4.78 is 48.9. The summed E-state index contributed by atoms with van der Waals surface area (Å²) >= 11 is 5.96. The van der Waals surface area contributed by atoms with Crippen molar-refractivity contribution in [2.45, 2.75) is 32.9 Å². The number of carbonyl (C=O) groups is 2. The van der Waals surface area contributed by atoms with Gasteiger partial charge in [-0.15, -0.1) is 5.10 Å². The highest BCUT2D eigenvalue weighted by atomic mass is 35.5. The second kappa shape index (κ2) is 10.5. The molecule has 11 heteroatoms. The van der Waals surface area contributed by atoms with Crippen molar-refractivity contribution in [3.8, 4) is 0 Å². The van der Waals surface area contributed by atoms with Crippen molar-refractivity contribution >= 4 is 35.1 Å². The number of likely N-dealkylation sites (tertiary alicyclic amines) is 1. The predicted octanol–water partition coefficient (Wildman–Crippen LogP) is 3.92. The van der Waals surface area contributed by atoms with E-state index in [1.165, 1.54) is 0 Å². The molecule has 0 amide bonds. The molecule has 1 aliphatic heterocycles. The number of hydrogen-bond acceptors (Lipinski definition) is 6. The monoisotopic (exact) mass is 449 g/mol. The first-order valence-electron chi connectivity index (χ1n) is 9.46. The number of carbonyl (C=O) groups excluding carboxylic acids is 2. The Morgan fingerprint density at radius 2 is 1.83 bits per heavy atom. The minimum Gasteiger partial charge on any atom is -0.466 e. The van der Waals surface area contributed by atoms with Crippen LogP contribution in [-0.2, 0) is 25.2 Å². The van der Waals surface area contributed by atoms with Crippen LogP contribution < -0.4 is 5.43 Å². The third-order valence-electron chi connectivity index (χ3n) is 4.45. The molecule has 0 spiro atoms. The number of ether oxygens (including phenoxy) is 2. The van der Waals surface area contributed by atoms with E-state index in [1.807, 2.05) is 0 Å². The van der Waals surface area contributed by atoms with E-state index in [0.717, 1.165) is 18.2 Å². The molecule has 0 aliphatic carbocycles. The molecule has 1 saturated heterocycles.